The highest BCUT2D eigenvalue weighted by Crippen LogP contribution is 2.11. The van der Waals surface area contributed by atoms with Crippen LogP contribution in [0.2, 0.25) is 0 Å². The number of carbonyl (C=O) groups is 3. The molecule has 0 saturated heterocycles. The molecule has 0 aromatic heterocycles. The lowest BCUT2D eigenvalue weighted by Crippen LogP contribution is -2.54. The fourth-order valence-corrected chi connectivity index (χ4v) is 2.16. The third-order valence-corrected chi connectivity index (χ3v) is 3.71. The van der Waals surface area contributed by atoms with Crippen LogP contribution in [0.15, 0.2) is 24.3 Å². The SMILES string of the molecule is CC(NC(=O)C(N)Cc1ccc(O)cc1)C(=O)NC(C(=O)O)C(C)C. The van der Waals surface area contributed by atoms with E-state index in [-0.39, 0.29) is 18.1 Å². The molecule has 2 amide bonds. The molecule has 0 aliphatic rings. The second-order valence-electron chi connectivity index (χ2n) is 6.28. The second kappa shape index (κ2) is 9.03. The first-order valence-electron chi connectivity index (χ1n) is 7.98. The molecule has 0 fully saturated rings. The predicted octanol–water partition coefficient (Wildman–Crippen LogP) is -0.00790. The van der Waals surface area contributed by atoms with Crippen molar-refractivity contribution in [3.8, 4) is 5.75 Å². The lowest BCUT2D eigenvalue weighted by Gasteiger charge is -2.22. The number of nitrogens with two attached hydrogens (primary N) is 1. The Hall–Kier alpha value is -2.61. The van der Waals surface area contributed by atoms with Gasteiger partial charge >= 0.3 is 5.97 Å². The standard InChI is InChI=1S/C17H25N3O5/c1-9(2)14(17(24)25)20-15(22)10(3)19-16(23)13(18)8-11-4-6-12(21)7-5-11/h4-7,9-10,13-14,21H,8,18H2,1-3H3,(H,19,23)(H,20,22)(H,24,25). The number of nitrogens with one attached hydrogen (secondary N) is 2. The number of aromatic hydroxyl groups is 1. The van der Waals surface area contributed by atoms with Gasteiger partial charge in [-0.15, -0.1) is 0 Å². The van der Waals surface area contributed by atoms with Crippen molar-refractivity contribution in [2.24, 2.45) is 11.7 Å². The molecule has 25 heavy (non-hydrogen) atoms. The average molecular weight is 351 g/mol. The molecule has 138 valence electrons. The van der Waals surface area contributed by atoms with Crippen LogP contribution in [0, 0.1) is 5.92 Å². The van der Waals surface area contributed by atoms with Crippen LogP contribution in [0.5, 0.6) is 5.75 Å². The topological polar surface area (TPSA) is 142 Å². The maximum absolute atomic E-state index is 12.1. The summed E-state index contributed by atoms with van der Waals surface area (Å²) in [6.07, 6.45) is 0.240. The molecule has 8 nitrogen and oxygen atoms in total. The molecule has 0 spiro atoms. The molecule has 0 radical (unpaired) electrons. The maximum atomic E-state index is 12.1. The van der Waals surface area contributed by atoms with Gasteiger partial charge in [-0.3, -0.25) is 9.59 Å². The first-order chi connectivity index (χ1) is 11.6. The van der Waals surface area contributed by atoms with E-state index in [1.165, 1.54) is 19.1 Å². The predicted molar refractivity (Wildman–Crippen MR) is 91.8 cm³/mol. The minimum absolute atomic E-state index is 0.116. The van der Waals surface area contributed by atoms with Crippen molar-refractivity contribution < 1.29 is 24.6 Å². The van der Waals surface area contributed by atoms with Crippen LogP contribution >= 0.6 is 0 Å². The van der Waals surface area contributed by atoms with E-state index in [4.69, 9.17) is 10.8 Å². The third-order valence-electron chi connectivity index (χ3n) is 3.71. The van der Waals surface area contributed by atoms with Gasteiger partial charge in [0.15, 0.2) is 0 Å². The molecule has 6 N–H and O–H groups in total. The minimum atomic E-state index is -1.13. The number of aliphatic carboxylic acids is 1. The first kappa shape index (κ1) is 20.4. The maximum Gasteiger partial charge on any atom is 0.326 e. The number of benzene rings is 1. The van der Waals surface area contributed by atoms with Gasteiger partial charge in [0.1, 0.15) is 17.8 Å². The van der Waals surface area contributed by atoms with Crippen molar-refractivity contribution in [3.05, 3.63) is 29.8 Å². The van der Waals surface area contributed by atoms with Gasteiger partial charge in [0.25, 0.3) is 0 Å². The molecule has 3 unspecified atom stereocenters. The van der Waals surface area contributed by atoms with Gasteiger partial charge in [0.05, 0.1) is 6.04 Å². The van der Waals surface area contributed by atoms with Gasteiger partial charge in [0, 0.05) is 0 Å². The van der Waals surface area contributed by atoms with E-state index in [0.717, 1.165) is 5.56 Å². The van der Waals surface area contributed by atoms with Crippen molar-refractivity contribution >= 4 is 17.8 Å². The fraction of sp³-hybridized carbons (Fsp3) is 0.471. The molecule has 8 heteroatoms. The van der Waals surface area contributed by atoms with Gasteiger partial charge in [-0.1, -0.05) is 26.0 Å². The van der Waals surface area contributed by atoms with E-state index in [1.807, 2.05) is 0 Å². The molecule has 0 saturated carbocycles. The number of carboxylic acid groups (broad SMARTS) is 1. The second-order valence-corrected chi connectivity index (χ2v) is 6.28. The number of phenolic OH excluding ortho intramolecular Hbond substituents is 1. The highest BCUT2D eigenvalue weighted by atomic mass is 16.4. The molecular formula is C17H25N3O5. The van der Waals surface area contributed by atoms with Gasteiger partial charge in [-0.05, 0) is 37.0 Å². The number of hydrogen-bond acceptors (Lipinski definition) is 5. The van der Waals surface area contributed by atoms with Crippen LogP contribution in [0.3, 0.4) is 0 Å². The molecule has 0 bridgehead atoms. The van der Waals surface area contributed by atoms with Crippen LogP contribution in [-0.4, -0.2) is 46.1 Å². The van der Waals surface area contributed by atoms with Crippen LogP contribution in [0.25, 0.3) is 0 Å². The first-order valence-corrected chi connectivity index (χ1v) is 7.98. The number of hydrogen-bond donors (Lipinski definition) is 5. The van der Waals surface area contributed by atoms with Crippen molar-refractivity contribution in [2.75, 3.05) is 0 Å². The Morgan fingerprint density at radius 3 is 2.08 bits per heavy atom. The summed E-state index contributed by atoms with van der Waals surface area (Å²) in [7, 11) is 0. The Labute approximate surface area is 146 Å². The largest absolute Gasteiger partial charge is 0.508 e. The van der Waals surface area contributed by atoms with Crippen molar-refractivity contribution in [3.63, 3.8) is 0 Å². The number of carboxylic acids is 1. The Balaban J connectivity index is 2.58. The normalized spacial score (nSPS) is 14.4. The summed E-state index contributed by atoms with van der Waals surface area (Å²) in [5.74, 6) is -2.42. The summed E-state index contributed by atoms with van der Waals surface area (Å²) >= 11 is 0. The Morgan fingerprint density at radius 2 is 1.60 bits per heavy atom. The molecule has 1 aromatic rings. The van der Waals surface area contributed by atoms with Gasteiger partial charge in [0.2, 0.25) is 11.8 Å². The number of amides is 2. The summed E-state index contributed by atoms with van der Waals surface area (Å²) in [6.45, 7) is 4.81. The van der Waals surface area contributed by atoms with E-state index in [0.29, 0.717) is 0 Å². The zero-order valence-electron chi connectivity index (χ0n) is 14.5. The highest BCUT2D eigenvalue weighted by molar-refractivity contribution is 5.91. The molecule has 1 aromatic carbocycles. The molecule has 0 aliphatic heterocycles. The molecule has 0 aliphatic carbocycles. The number of rotatable bonds is 8. The van der Waals surface area contributed by atoms with E-state index < -0.39 is 35.9 Å². The zero-order chi connectivity index (χ0) is 19.1. The average Bonchev–Trinajstić information content (AvgIpc) is 2.53. The lowest BCUT2D eigenvalue weighted by molar-refractivity contribution is -0.143. The minimum Gasteiger partial charge on any atom is -0.508 e. The Morgan fingerprint density at radius 1 is 1.04 bits per heavy atom. The summed E-state index contributed by atoms with van der Waals surface area (Å²) < 4.78 is 0. The number of carbonyl (C=O) groups excluding carboxylic acids is 2. The summed E-state index contributed by atoms with van der Waals surface area (Å²) in [4.78, 5) is 35.3. The number of phenols is 1. The van der Waals surface area contributed by atoms with E-state index in [9.17, 15) is 19.5 Å². The lowest BCUT2D eigenvalue weighted by atomic mass is 10.0. The van der Waals surface area contributed by atoms with Gasteiger partial charge in [-0.2, -0.15) is 0 Å². The van der Waals surface area contributed by atoms with Crippen molar-refractivity contribution in [1.29, 1.82) is 0 Å². The molecule has 0 heterocycles. The van der Waals surface area contributed by atoms with Crippen molar-refractivity contribution in [1.82, 2.24) is 10.6 Å². The summed E-state index contributed by atoms with van der Waals surface area (Å²) in [6, 6.07) is 3.47. The quantitative estimate of drug-likeness (QED) is 0.446. The Bertz CT molecular complexity index is 615. The van der Waals surface area contributed by atoms with E-state index in [2.05, 4.69) is 10.6 Å². The van der Waals surface area contributed by atoms with Crippen LogP contribution in [0.1, 0.15) is 26.3 Å². The smallest absolute Gasteiger partial charge is 0.326 e. The molecule has 3 atom stereocenters. The zero-order valence-corrected chi connectivity index (χ0v) is 14.5. The van der Waals surface area contributed by atoms with Crippen LogP contribution < -0.4 is 16.4 Å². The van der Waals surface area contributed by atoms with Crippen LogP contribution in [0.4, 0.5) is 0 Å². The van der Waals surface area contributed by atoms with Gasteiger partial charge in [-0.25, -0.2) is 4.79 Å². The monoisotopic (exact) mass is 351 g/mol. The highest BCUT2D eigenvalue weighted by Gasteiger charge is 2.27. The van der Waals surface area contributed by atoms with Crippen LogP contribution in [-0.2, 0) is 20.8 Å². The summed E-state index contributed by atoms with van der Waals surface area (Å²) in [5.41, 5.74) is 6.60. The van der Waals surface area contributed by atoms with Crippen molar-refractivity contribution in [2.45, 2.75) is 45.3 Å². The third kappa shape index (κ3) is 6.42. The fourth-order valence-electron chi connectivity index (χ4n) is 2.16. The van der Waals surface area contributed by atoms with E-state index >= 15 is 0 Å². The Kier molecular flexibility index (Phi) is 7.38. The molecule has 1 rings (SSSR count). The molecular weight excluding hydrogens is 326 g/mol. The summed E-state index contributed by atoms with van der Waals surface area (Å²) in [5, 5.41) is 23.2. The van der Waals surface area contributed by atoms with E-state index in [1.54, 1.807) is 26.0 Å². The van der Waals surface area contributed by atoms with Gasteiger partial charge < -0.3 is 26.6 Å².